The molecule has 2 fully saturated rings. The SMILES string of the molecule is C=CN=C(C1=C(N)CC[C@H]1C)N1CCN(C(=O)[C@H](CN2CCC(N)CC2)c2ccc(Cl)cc2)CC1. The van der Waals surface area contributed by atoms with E-state index in [2.05, 4.69) is 28.3 Å². The van der Waals surface area contributed by atoms with Crippen LogP contribution >= 0.6 is 11.6 Å². The number of aliphatic imine (C=N–C) groups is 1. The summed E-state index contributed by atoms with van der Waals surface area (Å²) >= 11 is 6.14. The molecule has 190 valence electrons. The average Bonchev–Trinajstić information content (AvgIpc) is 3.20. The molecule has 1 amide bonds. The zero-order valence-electron chi connectivity index (χ0n) is 20.8. The summed E-state index contributed by atoms with van der Waals surface area (Å²) < 4.78 is 0. The van der Waals surface area contributed by atoms with Gasteiger partial charge in [0, 0.05) is 61.3 Å². The largest absolute Gasteiger partial charge is 0.402 e. The van der Waals surface area contributed by atoms with Gasteiger partial charge < -0.3 is 26.2 Å². The van der Waals surface area contributed by atoms with Gasteiger partial charge in [-0.25, -0.2) is 4.99 Å². The minimum Gasteiger partial charge on any atom is -0.402 e. The summed E-state index contributed by atoms with van der Waals surface area (Å²) in [5, 5.41) is 0.682. The van der Waals surface area contributed by atoms with E-state index in [9.17, 15) is 4.79 Å². The van der Waals surface area contributed by atoms with E-state index in [0.29, 0.717) is 30.6 Å². The second kappa shape index (κ2) is 11.6. The number of allylic oxidation sites excluding steroid dienone is 1. The first-order valence-electron chi connectivity index (χ1n) is 12.8. The van der Waals surface area contributed by atoms with Crippen LogP contribution in [0, 0.1) is 5.92 Å². The van der Waals surface area contributed by atoms with E-state index < -0.39 is 0 Å². The van der Waals surface area contributed by atoms with Gasteiger partial charge in [-0.2, -0.15) is 0 Å². The predicted molar refractivity (Wildman–Crippen MR) is 143 cm³/mol. The van der Waals surface area contributed by atoms with Gasteiger partial charge in [-0.05, 0) is 62.4 Å². The van der Waals surface area contributed by atoms with Crippen molar-refractivity contribution >= 4 is 23.3 Å². The number of carbonyl (C=O) groups excluding carboxylic acids is 1. The lowest BCUT2D eigenvalue weighted by Crippen LogP contribution is -2.53. The molecule has 0 aromatic heterocycles. The fourth-order valence-electron chi connectivity index (χ4n) is 5.51. The lowest BCUT2D eigenvalue weighted by molar-refractivity contribution is -0.134. The van der Waals surface area contributed by atoms with Gasteiger partial charge in [0.1, 0.15) is 5.84 Å². The summed E-state index contributed by atoms with van der Waals surface area (Å²) in [4.78, 5) is 25.1. The van der Waals surface area contributed by atoms with Crippen molar-refractivity contribution in [2.24, 2.45) is 22.4 Å². The van der Waals surface area contributed by atoms with Crippen LogP contribution in [0.15, 0.2) is 53.3 Å². The Labute approximate surface area is 214 Å². The summed E-state index contributed by atoms with van der Waals surface area (Å²) in [6, 6.07) is 7.99. The second-order valence-corrected chi connectivity index (χ2v) is 10.5. The summed E-state index contributed by atoms with van der Waals surface area (Å²) in [7, 11) is 0. The molecular weight excluding hydrogens is 460 g/mol. The molecule has 0 radical (unpaired) electrons. The molecule has 2 heterocycles. The van der Waals surface area contributed by atoms with Crippen molar-refractivity contribution in [2.45, 2.75) is 44.6 Å². The van der Waals surface area contributed by atoms with E-state index >= 15 is 0 Å². The van der Waals surface area contributed by atoms with Gasteiger partial charge in [0.15, 0.2) is 0 Å². The number of amides is 1. The molecule has 1 aromatic carbocycles. The van der Waals surface area contributed by atoms with Crippen molar-refractivity contribution < 1.29 is 4.79 Å². The number of amidine groups is 1. The molecule has 35 heavy (non-hydrogen) atoms. The quantitative estimate of drug-likeness (QED) is 0.464. The maximum absolute atomic E-state index is 13.8. The molecule has 2 atom stereocenters. The van der Waals surface area contributed by atoms with E-state index in [4.69, 9.17) is 23.1 Å². The first-order chi connectivity index (χ1) is 16.9. The van der Waals surface area contributed by atoms with Crippen LogP contribution in [0.5, 0.6) is 0 Å². The number of hydrogen-bond acceptors (Lipinski definition) is 5. The van der Waals surface area contributed by atoms with Crippen LogP contribution in [0.2, 0.25) is 5.02 Å². The van der Waals surface area contributed by atoms with Gasteiger partial charge in [0.05, 0.1) is 5.92 Å². The highest BCUT2D eigenvalue weighted by Gasteiger charge is 2.34. The maximum Gasteiger partial charge on any atom is 0.231 e. The van der Waals surface area contributed by atoms with E-state index in [-0.39, 0.29) is 17.9 Å². The van der Waals surface area contributed by atoms with Crippen molar-refractivity contribution in [2.75, 3.05) is 45.8 Å². The first-order valence-corrected chi connectivity index (χ1v) is 13.2. The number of likely N-dealkylation sites (tertiary alicyclic amines) is 1. The summed E-state index contributed by atoms with van der Waals surface area (Å²) in [5.41, 5.74) is 15.5. The van der Waals surface area contributed by atoms with Gasteiger partial charge >= 0.3 is 0 Å². The normalized spacial score (nSPS) is 23.6. The van der Waals surface area contributed by atoms with Crippen molar-refractivity contribution in [1.29, 1.82) is 0 Å². The first kappa shape index (κ1) is 25.7. The Balaban J connectivity index is 1.46. The molecule has 0 spiro atoms. The monoisotopic (exact) mass is 498 g/mol. The van der Waals surface area contributed by atoms with Crippen molar-refractivity contribution in [3.05, 3.63) is 58.9 Å². The number of carbonyl (C=O) groups is 1. The summed E-state index contributed by atoms with van der Waals surface area (Å²) in [6.07, 6.45) is 5.51. The Morgan fingerprint density at radius 2 is 1.74 bits per heavy atom. The molecule has 7 nitrogen and oxygen atoms in total. The third-order valence-corrected chi connectivity index (χ3v) is 7.93. The van der Waals surface area contributed by atoms with Crippen LogP contribution in [0.1, 0.15) is 44.1 Å². The Morgan fingerprint density at radius 1 is 1.11 bits per heavy atom. The van der Waals surface area contributed by atoms with E-state index in [1.54, 1.807) is 6.20 Å². The molecule has 4 N–H and O–H groups in total. The number of hydrogen-bond donors (Lipinski definition) is 2. The molecule has 1 aromatic rings. The van der Waals surface area contributed by atoms with Crippen LogP contribution < -0.4 is 11.5 Å². The molecule has 4 rings (SSSR count). The molecule has 3 aliphatic rings. The second-order valence-electron chi connectivity index (χ2n) is 10.1. The zero-order chi connectivity index (χ0) is 24.9. The minimum absolute atomic E-state index is 0.178. The third kappa shape index (κ3) is 6.08. The standard InChI is InChI=1S/C27H39ClN6O/c1-3-31-26(25-19(2)4-9-24(25)30)33-14-16-34(17-15-33)27(35)23(20-5-7-21(28)8-6-20)18-32-12-10-22(29)11-13-32/h3,5-8,19,22-23H,1,4,9-18,29-30H2,2H3/t19-,23-/m1/s1. The number of piperazine rings is 1. The number of rotatable bonds is 6. The highest BCUT2D eigenvalue weighted by Crippen LogP contribution is 2.32. The minimum atomic E-state index is -0.220. The number of piperidine rings is 1. The lowest BCUT2D eigenvalue weighted by atomic mass is 9.95. The molecule has 0 saturated carbocycles. The van der Waals surface area contributed by atoms with Crippen molar-refractivity contribution in [1.82, 2.24) is 14.7 Å². The molecule has 0 bridgehead atoms. The third-order valence-electron chi connectivity index (χ3n) is 7.67. The average molecular weight is 499 g/mol. The fraction of sp³-hybridized carbons (Fsp3) is 0.556. The van der Waals surface area contributed by atoms with Crippen LogP contribution in [-0.4, -0.2) is 78.3 Å². The van der Waals surface area contributed by atoms with Crippen LogP contribution in [0.4, 0.5) is 0 Å². The van der Waals surface area contributed by atoms with Gasteiger partial charge in [-0.1, -0.05) is 37.2 Å². The van der Waals surface area contributed by atoms with Gasteiger partial charge in [-0.15, -0.1) is 0 Å². The highest BCUT2D eigenvalue weighted by atomic mass is 35.5. The van der Waals surface area contributed by atoms with Crippen LogP contribution in [-0.2, 0) is 4.79 Å². The Kier molecular flexibility index (Phi) is 8.52. The van der Waals surface area contributed by atoms with Crippen LogP contribution in [0.25, 0.3) is 0 Å². The topological polar surface area (TPSA) is 91.2 Å². The number of benzene rings is 1. The number of nitrogens with zero attached hydrogens (tertiary/aromatic N) is 4. The van der Waals surface area contributed by atoms with Gasteiger partial charge in [0.2, 0.25) is 5.91 Å². The Bertz CT molecular complexity index is 958. The van der Waals surface area contributed by atoms with Crippen LogP contribution in [0.3, 0.4) is 0 Å². The molecule has 2 aliphatic heterocycles. The van der Waals surface area contributed by atoms with E-state index in [0.717, 1.165) is 74.5 Å². The molecule has 0 unspecified atom stereocenters. The van der Waals surface area contributed by atoms with Crippen molar-refractivity contribution in [3.8, 4) is 0 Å². The number of halogens is 1. The highest BCUT2D eigenvalue weighted by molar-refractivity contribution is 6.30. The van der Waals surface area contributed by atoms with E-state index in [1.165, 1.54) is 0 Å². The smallest absolute Gasteiger partial charge is 0.231 e. The predicted octanol–water partition coefficient (Wildman–Crippen LogP) is 3.18. The van der Waals surface area contributed by atoms with Crippen molar-refractivity contribution in [3.63, 3.8) is 0 Å². The number of nitrogens with two attached hydrogens (primary N) is 2. The van der Waals surface area contributed by atoms with Gasteiger partial charge in [-0.3, -0.25) is 4.79 Å². The molecular formula is C27H39ClN6O. The Hall–Kier alpha value is -2.35. The molecule has 2 saturated heterocycles. The lowest BCUT2D eigenvalue weighted by Gasteiger charge is -2.40. The summed E-state index contributed by atoms with van der Waals surface area (Å²) in [6.45, 7) is 11.4. The fourth-order valence-corrected chi connectivity index (χ4v) is 5.64. The summed E-state index contributed by atoms with van der Waals surface area (Å²) in [5.74, 6) is 1.27. The van der Waals surface area contributed by atoms with E-state index in [1.807, 2.05) is 29.2 Å². The Morgan fingerprint density at radius 3 is 2.31 bits per heavy atom. The molecule has 1 aliphatic carbocycles. The molecule has 8 heteroatoms. The van der Waals surface area contributed by atoms with Gasteiger partial charge in [0.25, 0.3) is 0 Å². The maximum atomic E-state index is 13.8. The zero-order valence-corrected chi connectivity index (χ0v) is 21.6.